The van der Waals surface area contributed by atoms with E-state index in [1.807, 2.05) is 0 Å². The minimum absolute atomic E-state index is 0.464. The van der Waals surface area contributed by atoms with Gasteiger partial charge < -0.3 is 4.90 Å². The first-order valence-electron chi connectivity index (χ1n) is 18.6. The van der Waals surface area contributed by atoms with Crippen LogP contribution in [0.15, 0.2) is 97.1 Å². The van der Waals surface area contributed by atoms with Gasteiger partial charge in [0.15, 0.2) is 0 Å². The molecule has 1 heterocycles. The van der Waals surface area contributed by atoms with Crippen molar-refractivity contribution < 1.29 is 0 Å². The number of benzene rings is 5. The quantitative estimate of drug-likeness (QED) is 0.130. The van der Waals surface area contributed by atoms with E-state index >= 15 is 0 Å². The van der Waals surface area contributed by atoms with Crippen molar-refractivity contribution in [3.63, 3.8) is 0 Å². The van der Waals surface area contributed by atoms with Gasteiger partial charge in [-0.15, -0.1) is 0 Å². The minimum atomic E-state index is -0.464. The van der Waals surface area contributed by atoms with E-state index in [-0.39, 0.29) is 0 Å². The molecule has 0 aliphatic carbocycles. The summed E-state index contributed by atoms with van der Waals surface area (Å²) in [5.74, 6) is 0. The van der Waals surface area contributed by atoms with Gasteiger partial charge in [0.05, 0.1) is 22.5 Å². The monoisotopic (exact) mass is 633 g/mol. The van der Waals surface area contributed by atoms with Crippen LogP contribution in [-0.2, 0) is 24.7 Å². The Morgan fingerprint density at radius 2 is 0.854 bits per heavy atom. The summed E-state index contributed by atoms with van der Waals surface area (Å²) < 4.78 is 0. The highest BCUT2D eigenvalue weighted by Crippen LogP contribution is 2.58. The summed E-state index contributed by atoms with van der Waals surface area (Å²) in [6, 6.07) is 38.5. The molecule has 0 saturated heterocycles. The summed E-state index contributed by atoms with van der Waals surface area (Å²) in [7, 11) is 0. The molecular weight excluding hydrogens is 579 g/mol. The lowest BCUT2D eigenvalue weighted by Gasteiger charge is -2.47. The zero-order valence-corrected chi connectivity index (χ0v) is 30.5. The Morgan fingerprint density at radius 3 is 1.25 bits per heavy atom. The number of unbranched alkanes of at least 4 members (excludes halogenated alkanes) is 3. The van der Waals surface area contributed by atoms with Crippen molar-refractivity contribution in [2.45, 2.75) is 112 Å². The van der Waals surface area contributed by atoms with Crippen LogP contribution in [0, 0.1) is 27.7 Å². The van der Waals surface area contributed by atoms with Crippen LogP contribution in [0.4, 0.5) is 17.1 Å². The topological polar surface area (TPSA) is 3.24 Å². The van der Waals surface area contributed by atoms with E-state index in [9.17, 15) is 0 Å². The summed E-state index contributed by atoms with van der Waals surface area (Å²) in [5, 5.41) is 0. The van der Waals surface area contributed by atoms with E-state index in [1.54, 1.807) is 0 Å². The first-order valence-corrected chi connectivity index (χ1v) is 18.6. The minimum Gasteiger partial charge on any atom is -0.309 e. The maximum absolute atomic E-state index is 2.58. The van der Waals surface area contributed by atoms with Gasteiger partial charge in [-0.1, -0.05) is 136 Å². The summed E-state index contributed by atoms with van der Waals surface area (Å²) >= 11 is 0. The Morgan fingerprint density at radius 1 is 0.458 bits per heavy atom. The molecule has 5 aromatic carbocycles. The number of nitrogens with zero attached hydrogens (tertiary/aromatic N) is 1. The van der Waals surface area contributed by atoms with Crippen molar-refractivity contribution in [2.24, 2.45) is 0 Å². The number of hydrogen-bond acceptors (Lipinski definition) is 1. The average molecular weight is 634 g/mol. The second-order valence-corrected chi connectivity index (χ2v) is 14.4. The van der Waals surface area contributed by atoms with E-state index in [4.69, 9.17) is 0 Å². The predicted molar refractivity (Wildman–Crippen MR) is 208 cm³/mol. The van der Waals surface area contributed by atoms with Crippen molar-refractivity contribution in [3.05, 3.63) is 158 Å². The second kappa shape index (κ2) is 14.6. The van der Waals surface area contributed by atoms with Crippen LogP contribution in [-0.4, -0.2) is 0 Å². The molecule has 0 radical (unpaired) electrons. The lowest BCUT2D eigenvalue weighted by Crippen LogP contribution is -2.38. The molecule has 0 amide bonds. The number of hydrogen-bond donors (Lipinski definition) is 0. The highest BCUT2D eigenvalue weighted by atomic mass is 15.2. The molecular formula is C47H55N. The number of rotatable bonds is 12. The Kier molecular flexibility index (Phi) is 10.3. The van der Waals surface area contributed by atoms with Gasteiger partial charge in [0.2, 0.25) is 0 Å². The molecule has 0 atom stereocenters. The molecule has 1 aliphatic rings. The summed E-state index contributed by atoms with van der Waals surface area (Å²) in [4.78, 5) is 2.58. The van der Waals surface area contributed by atoms with Gasteiger partial charge in [-0.25, -0.2) is 0 Å². The summed E-state index contributed by atoms with van der Waals surface area (Å²) in [6.07, 6.45) is 10.7. The van der Waals surface area contributed by atoms with Gasteiger partial charge in [-0.3, -0.25) is 0 Å². The molecule has 6 rings (SSSR count). The van der Waals surface area contributed by atoms with Crippen molar-refractivity contribution in [1.29, 1.82) is 0 Å². The maximum atomic E-state index is 2.58. The Labute approximate surface area is 291 Å². The molecule has 1 heteroatoms. The van der Waals surface area contributed by atoms with Gasteiger partial charge in [-0.2, -0.15) is 0 Å². The zero-order chi connectivity index (χ0) is 33.8. The number of aryl methyl sites for hydroxylation is 7. The molecule has 0 bridgehead atoms. The Hall–Kier alpha value is -4.10. The lowest BCUT2D eigenvalue weighted by atomic mass is 9.61. The highest BCUT2D eigenvalue weighted by molar-refractivity contribution is 5.91. The van der Waals surface area contributed by atoms with E-state index in [1.165, 1.54) is 117 Å². The molecule has 0 fully saturated rings. The molecule has 0 saturated carbocycles. The molecule has 0 spiro atoms. The first kappa shape index (κ1) is 33.8. The normalized spacial score (nSPS) is 13.4. The van der Waals surface area contributed by atoms with Gasteiger partial charge in [0.1, 0.15) is 0 Å². The van der Waals surface area contributed by atoms with Gasteiger partial charge in [0, 0.05) is 0 Å². The van der Waals surface area contributed by atoms with Crippen molar-refractivity contribution in [2.75, 3.05) is 4.90 Å². The van der Waals surface area contributed by atoms with Crippen LogP contribution in [0.3, 0.4) is 0 Å². The fraction of sp³-hybridized carbons (Fsp3) is 0.362. The molecule has 0 N–H and O–H groups in total. The molecule has 1 aliphatic heterocycles. The van der Waals surface area contributed by atoms with Gasteiger partial charge >= 0.3 is 0 Å². The molecule has 48 heavy (non-hydrogen) atoms. The second-order valence-electron chi connectivity index (χ2n) is 14.4. The highest BCUT2D eigenvalue weighted by Gasteiger charge is 2.47. The molecule has 0 unspecified atom stereocenters. The van der Waals surface area contributed by atoms with Gasteiger partial charge in [0.25, 0.3) is 0 Å². The van der Waals surface area contributed by atoms with Crippen LogP contribution in [0.5, 0.6) is 0 Å². The van der Waals surface area contributed by atoms with Crippen molar-refractivity contribution >= 4 is 17.1 Å². The molecule has 5 aromatic rings. The summed E-state index contributed by atoms with van der Waals surface area (Å²) in [6.45, 7) is 16.0. The fourth-order valence-corrected chi connectivity index (χ4v) is 8.12. The number of anilines is 3. The third kappa shape index (κ3) is 6.25. The average Bonchev–Trinajstić information content (AvgIpc) is 3.09. The van der Waals surface area contributed by atoms with Crippen LogP contribution in [0.25, 0.3) is 0 Å². The smallest absolute Gasteiger partial charge is 0.0742 e. The van der Waals surface area contributed by atoms with Crippen LogP contribution >= 0.6 is 0 Å². The fourth-order valence-electron chi connectivity index (χ4n) is 8.12. The van der Waals surface area contributed by atoms with E-state index < -0.39 is 5.41 Å². The van der Waals surface area contributed by atoms with E-state index in [0.717, 1.165) is 19.3 Å². The lowest BCUT2D eigenvalue weighted by molar-refractivity contribution is 0.724. The third-order valence-corrected chi connectivity index (χ3v) is 10.6. The first-order chi connectivity index (χ1) is 23.3. The SMILES string of the molecule is CCCCc1ccc(C2(c3ccc(CCCC)cc3)c3cc(C)ccc3N(c3c(C)cc(CCCC)cc3C)c3ccc(C)cc32)cc1. The molecule has 0 aromatic heterocycles. The van der Waals surface area contributed by atoms with E-state index in [2.05, 4.69) is 150 Å². The van der Waals surface area contributed by atoms with Crippen LogP contribution < -0.4 is 4.90 Å². The van der Waals surface area contributed by atoms with E-state index in [0.29, 0.717) is 0 Å². The number of fused-ring (bicyclic) bond motifs is 2. The standard InChI is InChI=1S/C47H55N/c1-8-11-14-37-19-23-40(24-20-37)47(41-25-21-38(22-26-41)15-12-9-2)42-29-33(4)17-27-44(42)48(45-28-18-34(5)30-43(45)47)46-35(6)31-39(16-13-10-3)32-36(46)7/h17-32H,8-16H2,1-7H3. The van der Waals surface area contributed by atoms with Crippen molar-refractivity contribution in [3.8, 4) is 0 Å². The predicted octanol–water partition coefficient (Wildman–Crippen LogP) is 13.1. The largest absolute Gasteiger partial charge is 0.309 e. The van der Waals surface area contributed by atoms with Crippen LogP contribution in [0.1, 0.15) is 120 Å². The Balaban J connectivity index is 1.67. The summed E-state index contributed by atoms with van der Waals surface area (Å²) in [5.41, 5.74) is 18.3. The van der Waals surface area contributed by atoms with Gasteiger partial charge in [-0.05, 0) is 128 Å². The molecule has 248 valence electrons. The maximum Gasteiger partial charge on any atom is 0.0742 e. The van der Waals surface area contributed by atoms with Crippen LogP contribution in [0.2, 0.25) is 0 Å². The third-order valence-electron chi connectivity index (χ3n) is 10.6. The zero-order valence-electron chi connectivity index (χ0n) is 30.5. The Bertz CT molecular complexity index is 1730. The molecule has 1 nitrogen and oxygen atoms in total. The van der Waals surface area contributed by atoms with Crippen molar-refractivity contribution in [1.82, 2.24) is 0 Å².